The van der Waals surface area contributed by atoms with Crippen LogP contribution in [0.25, 0.3) is 0 Å². The van der Waals surface area contributed by atoms with Crippen molar-refractivity contribution in [3.05, 3.63) is 40.9 Å². The first-order valence-electron chi connectivity index (χ1n) is 8.41. The molecule has 1 atom stereocenters. The highest BCUT2D eigenvalue weighted by Crippen LogP contribution is 2.28. The topological polar surface area (TPSA) is 71.3 Å². The van der Waals surface area contributed by atoms with Crippen LogP contribution >= 0.6 is 0 Å². The molecule has 6 nitrogen and oxygen atoms in total. The van der Waals surface area contributed by atoms with Gasteiger partial charge in [0.2, 0.25) is 5.91 Å². The maximum Gasteiger partial charge on any atom is 0.227 e. The van der Waals surface area contributed by atoms with Crippen LogP contribution in [0.5, 0.6) is 0 Å². The number of amides is 1. The van der Waals surface area contributed by atoms with E-state index in [-0.39, 0.29) is 5.91 Å². The fourth-order valence-corrected chi connectivity index (χ4v) is 3.33. The van der Waals surface area contributed by atoms with Crippen molar-refractivity contribution in [1.82, 2.24) is 15.0 Å². The van der Waals surface area contributed by atoms with E-state index in [9.17, 15) is 4.79 Å². The maximum atomic E-state index is 12.7. The van der Waals surface area contributed by atoms with Gasteiger partial charge >= 0.3 is 0 Å². The number of hydrogen-bond donors (Lipinski definition) is 1. The van der Waals surface area contributed by atoms with E-state index >= 15 is 0 Å². The summed E-state index contributed by atoms with van der Waals surface area (Å²) in [7, 11) is 1.87. The largest absolute Gasteiger partial charge is 0.373 e. The highest BCUT2D eigenvalue weighted by atomic mass is 16.5. The first-order valence-corrected chi connectivity index (χ1v) is 8.41. The van der Waals surface area contributed by atoms with Crippen LogP contribution in [-0.4, -0.2) is 41.1 Å². The molecular weight excluding hydrogens is 304 g/mol. The lowest BCUT2D eigenvalue weighted by Crippen LogP contribution is -2.40. The zero-order valence-corrected chi connectivity index (χ0v) is 14.5. The molecule has 0 spiro atoms. The van der Waals surface area contributed by atoms with Crippen molar-refractivity contribution in [2.45, 2.75) is 39.0 Å². The van der Waals surface area contributed by atoms with Gasteiger partial charge in [-0.05, 0) is 44.4 Å². The van der Waals surface area contributed by atoms with E-state index in [2.05, 4.69) is 21.5 Å². The minimum Gasteiger partial charge on any atom is -0.373 e. The Kier molecular flexibility index (Phi) is 4.83. The zero-order chi connectivity index (χ0) is 17.1. The van der Waals surface area contributed by atoms with Crippen molar-refractivity contribution in [3.63, 3.8) is 0 Å². The summed E-state index contributed by atoms with van der Waals surface area (Å²) >= 11 is 0. The van der Waals surface area contributed by atoms with Crippen molar-refractivity contribution in [2.75, 3.05) is 25.5 Å². The summed E-state index contributed by atoms with van der Waals surface area (Å²) in [5, 5.41) is 7.01. The lowest BCUT2D eigenvalue weighted by atomic mass is 9.91. The average Bonchev–Trinajstić information content (AvgIpc) is 2.94. The molecule has 1 aliphatic heterocycles. The third-order valence-corrected chi connectivity index (χ3v) is 4.79. The van der Waals surface area contributed by atoms with E-state index in [4.69, 9.17) is 4.52 Å². The lowest BCUT2D eigenvalue weighted by molar-refractivity contribution is -0.131. The van der Waals surface area contributed by atoms with Gasteiger partial charge in [-0.3, -0.25) is 4.79 Å². The first kappa shape index (κ1) is 16.5. The standard InChI is InChI=1S/C18H24N4O2/c1-12-16(13(2)24-21-12)10-18(23)22-8-4-5-15(11-22)14-6-7-20-17(9-14)19-3/h6-7,9,15H,4-5,8,10-11H2,1-3H3,(H,19,20)/t15-/m0/s1. The van der Waals surface area contributed by atoms with E-state index < -0.39 is 0 Å². The quantitative estimate of drug-likeness (QED) is 0.934. The molecule has 0 bridgehead atoms. The van der Waals surface area contributed by atoms with Crippen LogP contribution in [0.1, 0.15) is 41.3 Å². The molecule has 0 aromatic carbocycles. The number of hydrogen-bond acceptors (Lipinski definition) is 5. The fraction of sp³-hybridized carbons (Fsp3) is 0.500. The fourth-order valence-electron chi connectivity index (χ4n) is 3.33. The van der Waals surface area contributed by atoms with Crippen molar-refractivity contribution < 1.29 is 9.32 Å². The Morgan fingerprint density at radius 1 is 1.46 bits per heavy atom. The Balaban J connectivity index is 1.69. The number of rotatable bonds is 4. The Hall–Kier alpha value is -2.37. The smallest absolute Gasteiger partial charge is 0.227 e. The second-order valence-corrected chi connectivity index (χ2v) is 6.38. The minimum atomic E-state index is 0.150. The average molecular weight is 328 g/mol. The van der Waals surface area contributed by atoms with Crippen LogP contribution < -0.4 is 5.32 Å². The number of piperidine rings is 1. The van der Waals surface area contributed by atoms with E-state index in [1.165, 1.54) is 5.56 Å². The highest BCUT2D eigenvalue weighted by molar-refractivity contribution is 5.79. The van der Waals surface area contributed by atoms with Gasteiger partial charge in [0.25, 0.3) is 0 Å². The number of aryl methyl sites for hydroxylation is 2. The molecule has 6 heteroatoms. The summed E-state index contributed by atoms with van der Waals surface area (Å²) in [5.74, 6) is 2.12. The van der Waals surface area contributed by atoms with Crippen LogP contribution in [0.4, 0.5) is 5.82 Å². The molecule has 0 saturated carbocycles. The molecule has 0 radical (unpaired) electrons. The van der Waals surface area contributed by atoms with E-state index in [0.717, 1.165) is 48.8 Å². The number of pyridine rings is 1. The molecule has 1 fully saturated rings. The molecule has 1 aliphatic rings. The van der Waals surface area contributed by atoms with Crippen LogP contribution in [0, 0.1) is 13.8 Å². The summed E-state index contributed by atoms with van der Waals surface area (Å²) in [6.07, 6.45) is 4.31. The Morgan fingerprint density at radius 2 is 2.29 bits per heavy atom. The van der Waals surface area contributed by atoms with Crippen LogP contribution in [0.15, 0.2) is 22.9 Å². The van der Waals surface area contributed by atoms with Gasteiger partial charge in [-0.1, -0.05) is 5.16 Å². The van der Waals surface area contributed by atoms with Crippen LogP contribution in [-0.2, 0) is 11.2 Å². The molecule has 0 aliphatic carbocycles. The summed E-state index contributed by atoms with van der Waals surface area (Å²) in [5.41, 5.74) is 2.97. The summed E-state index contributed by atoms with van der Waals surface area (Å²) in [6.45, 7) is 5.32. The molecule has 1 saturated heterocycles. The van der Waals surface area contributed by atoms with E-state index in [0.29, 0.717) is 12.3 Å². The van der Waals surface area contributed by atoms with Crippen LogP contribution in [0.3, 0.4) is 0 Å². The second kappa shape index (κ2) is 7.03. The van der Waals surface area contributed by atoms with Gasteiger partial charge in [0.05, 0.1) is 12.1 Å². The number of nitrogens with zero attached hydrogens (tertiary/aromatic N) is 3. The van der Waals surface area contributed by atoms with Crippen molar-refractivity contribution in [1.29, 1.82) is 0 Å². The van der Waals surface area contributed by atoms with Crippen molar-refractivity contribution in [3.8, 4) is 0 Å². The molecule has 3 rings (SSSR count). The number of likely N-dealkylation sites (tertiary alicyclic amines) is 1. The van der Waals surface area contributed by atoms with Gasteiger partial charge in [-0.25, -0.2) is 4.98 Å². The highest BCUT2D eigenvalue weighted by Gasteiger charge is 2.26. The molecule has 1 amide bonds. The van der Waals surface area contributed by atoms with Gasteiger partial charge in [0, 0.05) is 37.8 Å². The first-order chi connectivity index (χ1) is 11.6. The van der Waals surface area contributed by atoms with Crippen molar-refractivity contribution in [2.24, 2.45) is 0 Å². The molecule has 0 unspecified atom stereocenters. The molecule has 24 heavy (non-hydrogen) atoms. The Bertz CT molecular complexity index is 706. The predicted molar refractivity (Wildman–Crippen MR) is 92.0 cm³/mol. The molecule has 128 valence electrons. The van der Waals surface area contributed by atoms with Gasteiger partial charge in [0.1, 0.15) is 11.6 Å². The van der Waals surface area contributed by atoms with Gasteiger partial charge < -0.3 is 14.7 Å². The number of nitrogens with one attached hydrogen (secondary N) is 1. The molecule has 1 N–H and O–H groups in total. The van der Waals surface area contributed by atoms with Crippen LogP contribution in [0.2, 0.25) is 0 Å². The van der Waals surface area contributed by atoms with Gasteiger partial charge in [0.15, 0.2) is 0 Å². The summed E-state index contributed by atoms with van der Waals surface area (Å²) < 4.78 is 5.16. The minimum absolute atomic E-state index is 0.150. The lowest BCUT2D eigenvalue weighted by Gasteiger charge is -2.33. The monoisotopic (exact) mass is 328 g/mol. The van der Waals surface area contributed by atoms with Gasteiger partial charge in [-0.15, -0.1) is 0 Å². The van der Waals surface area contributed by atoms with Crippen molar-refractivity contribution >= 4 is 11.7 Å². The predicted octanol–water partition coefficient (Wildman–Crippen LogP) is 2.68. The normalized spacial score (nSPS) is 17.8. The summed E-state index contributed by atoms with van der Waals surface area (Å²) in [6, 6.07) is 4.13. The molecule has 2 aromatic heterocycles. The number of carbonyl (C=O) groups is 1. The van der Waals surface area contributed by atoms with Gasteiger partial charge in [-0.2, -0.15) is 0 Å². The third-order valence-electron chi connectivity index (χ3n) is 4.79. The number of aromatic nitrogens is 2. The Labute approximate surface area is 142 Å². The molecular formula is C18H24N4O2. The maximum absolute atomic E-state index is 12.7. The molecule has 2 aromatic rings. The third kappa shape index (κ3) is 3.42. The summed E-state index contributed by atoms with van der Waals surface area (Å²) in [4.78, 5) is 18.9. The Morgan fingerprint density at radius 3 is 3.00 bits per heavy atom. The zero-order valence-electron chi connectivity index (χ0n) is 14.5. The SMILES string of the molecule is CNc1cc([C@H]2CCCN(C(=O)Cc3c(C)noc3C)C2)ccn1. The molecule has 3 heterocycles. The van der Waals surface area contributed by atoms with E-state index in [1.54, 1.807) is 0 Å². The number of carbonyl (C=O) groups excluding carboxylic acids is 1. The van der Waals surface area contributed by atoms with E-state index in [1.807, 2.05) is 38.1 Å². The number of anilines is 1. The second-order valence-electron chi connectivity index (χ2n) is 6.38.